The maximum absolute atomic E-state index is 12.2. The molecule has 0 aliphatic carbocycles. The van der Waals surface area contributed by atoms with Gasteiger partial charge < -0.3 is 19.9 Å². The van der Waals surface area contributed by atoms with Crippen molar-refractivity contribution < 1.29 is 9.90 Å². The molecule has 24 heavy (non-hydrogen) atoms. The Kier molecular flexibility index (Phi) is 4.28. The number of carbonyl (C=O) groups is 1. The molecule has 0 saturated heterocycles. The van der Waals surface area contributed by atoms with Gasteiger partial charge in [0.1, 0.15) is 5.82 Å². The van der Waals surface area contributed by atoms with Crippen LogP contribution in [0, 0.1) is 0 Å². The largest absolute Gasteiger partial charge is 0.389 e. The van der Waals surface area contributed by atoms with Gasteiger partial charge in [-0.15, -0.1) is 10.2 Å². The highest BCUT2D eigenvalue weighted by atomic mass is 16.3. The molecule has 3 rings (SSSR count). The summed E-state index contributed by atoms with van der Waals surface area (Å²) in [6.45, 7) is 4.52. The van der Waals surface area contributed by atoms with Gasteiger partial charge in [0.25, 0.3) is 0 Å². The van der Waals surface area contributed by atoms with Crippen molar-refractivity contribution in [3.05, 3.63) is 30.1 Å². The molecule has 0 radical (unpaired) electrons. The lowest BCUT2D eigenvalue weighted by Crippen LogP contribution is -2.41. The van der Waals surface area contributed by atoms with E-state index in [1.54, 1.807) is 20.9 Å². The number of likely N-dealkylation sites (N-methyl/N-ethyl adjacent to an activating group) is 1. The third kappa shape index (κ3) is 3.56. The van der Waals surface area contributed by atoms with Crippen molar-refractivity contribution in [3.8, 4) is 11.4 Å². The minimum atomic E-state index is -0.935. The summed E-state index contributed by atoms with van der Waals surface area (Å²) < 4.78 is 2.13. The fourth-order valence-corrected chi connectivity index (χ4v) is 2.97. The quantitative estimate of drug-likeness (QED) is 0.900. The molecule has 0 saturated carbocycles. The number of nitrogens with zero attached hydrogens (tertiary/aromatic N) is 4. The topological polar surface area (TPSA) is 83.3 Å². The van der Waals surface area contributed by atoms with Crippen molar-refractivity contribution in [2.75, 3.05) is 18.9 Å². The molecule has 0 spiro atoms. The molecule has 1 aliphatic rings. The van der Waals surface area contributed by atoms with Crippen molar-refractivity contribution in [1.82, 2.24) is 19.7 Å². The molecule has 1 aliphatic heterocycles. The number of carbonyl (C=O) groups excluding carboxylic acids is 1. The summed E-state index contributed by atoms with van der Waals surface area (Å²) in [5.41, 5.74) is 0.685. The van der Waals surface area contributed by atoms with E-state index in [1.807, 2.05) is 24.3 Å². The van der Waals surface area contributed by atoms with E-state index in [2.05, 4.69) is 20.1 Å². The molecule has 0 unspecified atom stereocenters. The summed E-state index contributed by atoms with van der Waals surface area (Å²) in [6, 6.07) is 7.32. The van der Waals surface area contributed by atoms with Crippen LogP contribution in [0.4, 0.5) is 10.5 Å². The van der Waals surface area contributed by atoms with E-state index in [1.165, 1.54) is 4.90 Å². The number of hydrogen-bond donors (Lipinski definition) is 2. The van der Waals surface area contributed by atoms with Gasteiger partial charge in [0.05, 0.1) is 12.1 Å². The lowest BCUT2D eigenvalue weighted by molar-refractivity contribution is 0.0550. The summed E-state index contributed by atoms with van der Waals surface area (Å²) in [5, 5.41) is 21.2. The Morgan fingerprint density at radius 1 is 1.42 bits per heavy atom. The second kappa shape index (κ2) is 6.24. The van der Waals surface area contributed by atoms with Gasteiger partial charge in [0, 0.05) is 31.3 Å². The Hall–Kier alpha value is -2.41. The Morgan fingerprint density at radius 3 is 2.96 bits per heavy atom. The molecule has 2 amide bonds. The van der Waals surface area contributed by atoms with Crippen LogP contribution < -0.4 is 5.32 Å². The smallest absolute Gasteiger partial charge is 0.321 e. The van der Waals surface area contributed by atoms with Gasteiger partial charge >= 0.3 is 6.03 Å². The number of rotatable bonds is 4. The normalized spacial score (nSPS) is 13.7. The molecular formula is C17H23N5O2. The molecule has 128 valence electrons. The Labute approximate surface area is 141 Å². The Morgan fingerprint density at radius 2 is 2.21 bits per heavy atom. The average Bonchev–Trinajstić information content (AvgIpc) is 3.08. The molecule has 1 aromatic carbocycles. The van der Waals surface area contributed by atoms with Gasteiger partial charge in [-0.2, -0.15) is 0 Å². The molecule has 0 atom stereocenters. The second-order valence-electron chi connectivity index (χ2n) is 6.87. The zero-order chi connectivity index (χ0) is 17.3. The monoisotopic (exact) mass is 329 g/mol. The lowest BCUT2D eigenvalue weighted by Gasteiger charge is -2.25. The molecule has 1 aromatic heterocycles. The van der Waals surface area contributed by atoms with E-state index >= 15 is 0 Å². The Bertz CT molecular complexity index is 748. The average molecular weight is 329 g/mol. The first-order valence-corrected chi connectivity index (χ1v) is 8.10. The van der Waals surface area contributed by atoms with Gasteiger partial charge in [-0.1, -0.05) is 12.1 Å². The lowest BCUT2D eigenvalue weighted by atomic mass is 10.1. The molecule has 7 heteroatoms. The first-order chi connectivity index (χ1) is 11.3. The van der Waals surface area contributed by atoms with Crippen LogP contribution in [0.15, 0.2) is 24.3 Å². The van der Waals surface area contributed by atoms with Crippen molar-refractivity contribution in [2.45, 2.75) is 38.8 Å². The van der Waals surface area contributed by atoms with Crippen LogP contribution in [0.1, 0.15) is 26.1 Å². The highest BCUT2D eigenvalue weighted by Gasteiger charge is 2.20. The number of aryl methyl sites for hydroxylation is 1. The van der Waals surface area contributed by atoms with Crippen molar-refractivity contribution in [1.29, 1.82) is 0 Å². The first-order valence-electron chi connectivity index (χ1n) is 8.10. The van der Waals surface area contributed by atoms with Gasteiger partial charge in [-0.25, -0.2) is 4.79 Å². The summed E-state index contributed by atoms with van der Waals surface area (Å²) in [7, 11) is 1.66. The minimum absolute atomic E-state index is 0.246. The fourth-order valence-electron chi connectivity index (χ4n) is 2.97. The second-order valence-corrected chi connectivity index (χ2v) is 6.87. The maximum Gasteiger partial charge on any atom is 0.321 e. The van der Waals surface area contributed by atoms with Crippen LogP contribution in [-0.2, 0) is 13.0 Å². The standard InChI is InChI=1S/C17H23N5O2/c1-17(2,24)11-21(3)16(23)18-13-7-4-6-12(10-13)15-20-19-14-8-5-9-22(14)15/h4,6-7,10,24H,5,8-9,11H2,1-3H3,(H,18,23). The Balaban J connectivity index is 1.75. The van der Waals surface area contributed by atoms with E-state index in [9.17, 15) is 9.90 Å². The van der Waals surface area contributed by atoms with Crippen molar-refractivity contribution >= 4 is 11.7 Å². The number of aromatic nitrogens is 3. The molecule has 2 heterocycles. The number of urea groups is 1. The van der Waals surface area contributed by atoms with Crippen LogP contribution in [0.3, 0.4) is 0 Å². The van der Waals surface area contributed by atoms with Crippen LogP contribution in [0.5, 0.6) is 0 Å². The predicted octanol–water partition coefficient (Wildman–Crippen LogP) is 2.13. The fraction of sp³-hybridized carbons (Fsp3) is 0.471. The molecular weight excluding hydrogens is 306 g/mol. The van der Waals surface area contributed by atoms with E-state index in [0.717, 1.165) is 36.6 Å². The maximum atomic E-state index is 12.2. The molecule has 0 bridgehead atoms. The SMILES string of the molecule is CN(CC(C)(C)O)C(=O)Nc1cccc(-c2nnc3n2CCC3)c1. The summed E-state index contributed by atoms with van der Waals surface area (Å²) in [6.07, 6.45) is 2.06. The number of nitrogens with one attached hydrogen (secondary N) is 1. The third-order valence-corrected chi connectivity index (χ3v) is 3.95. The highest BCUT2D eigenvalue weighted by molar-refractivity contribution is 5.89. The number of benzene rings is 1. The molecule has 7 nitrogen and oxygen atoms in total. The van der Waals surface area contributed by atoms with Crippen molar-refractivity contribution in [3.63, 3.8) is 0 Å². The van der Waals surface area contributed by atoms with Gasteiger partial charge in [-0.3, -0.25) is 0 Å². The van der Waals surface area contributed by atoms with Gasteiger partial charge in [-0.05, 0) is 32.4 Å². The van der Waals surface area contributed by atoms with Gasteiger partial charge in [0.2, 0.25) is 0 Å². The molecule has 0 fully saturated rings. The number of fused-ring (bicyclic) bond motifs is 1. The van der Waals surface area contributed by atoms with E-state index < -0.39 is 5.60 Å². The third-order valence-electron chi connectivity index (χ3n) is 3.95. The summed E-state index contributed by atoms with van der Waals surface area (Å²) >= 11 is 0. The summed E-state index contributed by atoms with van der Waals surface area (Å²) in [5.74, 6) is 1.85. The van der Waals surface area contributed by atoms with Crippen molar-refractivity contribution in [2.24, 2.45) is 0 Å². The number of aliphatic hydroxyl groups is 1. The zero-order valence-corrected chi connectivity index (χ0v) is 14.3. The predicted molar refractivity (Wildman–Crippen MR) is 91.7 cm³/mol. The van der Waals surface area contributed by atoms with Crippen LogP contribution in [-0.4, -0.2) is 50.0 Å². The van der Waals surface area contributed by atoms with Gasteiger partial charge in [0.15, 0.2) is 5.82 Å². The van der Waals surface area contributed by atoms with E-state index in [-0.39, 0.29) is 12.6 Å². The van der Waals surface area contributed by atoms with Crippen LogP contribution >= 0.6 is 0 Å². The highest BCUT2D eigenvalue weighted by Crippen LogP contribution is 2.25. The van der Waals surface area contributed by atoms with E-state index in [4.69, 9.17) is 0 Å². The van der Waals surface area contributed by atoms with Crippen LogP contribution in [0.25, 0.3) is 11.4 Å². The summed E-state index contributed by atoms with van der Waals surface area (Å²) in [4.78, 5) is 13.7. The number of hydrogen-bond acceptors (Lipinski definition) is 4. The van der Waals surface area contributed by atoms with E-state index in [0.29, 0.717) is 5.69 Å². The molecule has 2 aromatic rings. The minimum Gasteiger partial charge on any atom is -0.389 e. The van der Waals surface area contributed by atoms with Crippen LogP contribution in [0.2, 0.25) is 0 Å². The number of amides is 2. The number of anilines is 1. The first kappa shape index (κ1) is 16.4. The zero-order valence-electron chi connectivity index (χ0n) is 14.3. The molecule has 2 N–H and O–H groups in total.